The van der Waals surface area contributed by atoms with Gasteiger partial charge in [-0.25, -0.2) is 9.07 Å². The van der Waals surface area contributed by atoms with Crippen molar-refractivity contribution in [2.75, 3.05) is 5.32 Å². The van der Waals surface area contributed by atoms with E-state index in [1.54, 1.807) is 23.0 Å². The fraction of sp³-hybridized carbons (Fsp3) is 0.0435. The second-order valence-electron chi connectivity index (χ2n) is 6.47. The molecule has 1 heterocycles. The number of carbonyl (C=O) groups is 1. The van der Waals surface area contributed by atoms with Crippen LogP contribution >= 0.6 is 0 Å². The number of anilines is 1. The van der Waals surface area contributed by atoms with Crippen LogP contribution in [0.3, 0.4) is 0 Å². The van der Waals surface area contributed by atoms with E-state index in [0.29, 0.717) is 11.3 Å². The molecule has 1 amide bonds. The quantitative estimate of drug-likeness (QED) is 0.533. The van der Waals surface area contributed by atoms with Crippen LogP contribution in [0.4, 0.5) is 10.1 Å². The number of amides is 1. The summed E-state index contributed by atoms with van der Waals surface area (Å²) < 4.78 is 15.6. The van der Waals surface area contributed by atoms with Gasteiger partial charge in [0.05, 0.1) is 16.9 Å². The Hall–Kier alpha value is -3.73. The summed E-state index contributed by atoms with van der Waals surface area (Å²) in [6.45, 7) is 2.00. The van der Waals surface area contributed by atoms with Crippen LogP contribution in [0.25, 0.3) is 16.9 Å². The first kappa shape index (κ1) is 17.7. The van der Waals surface area contributed by atoms with E-state index in [-0.39, 0.29) is 5.69 Å². The molecule has 4 aromatic rings. The lowest BCUT2D eigenvalue weighted by Gasteiger charge is -2.06. The van der Waals surface area contributed by atoms with Crippen LogP contribution in [0.5, 0.6) is 0 Å². The molecule has 0 fully saturated rings. The van der Waals surface area contributed by atoms with Gasteiger partial charge >= 0.3 is 0 Å². The molecule has 0 saturated carbocycles. The number of aromatic nitrogens is 2. The van der Waals surface area contributed by atoms with Crippen molar-refractivity contribution in [3.05, 3.63) is 102 Å². The average Bonchev–Trinajstić information content (AvgIpc) is 3.16. The predicted molar refractivity (Wildman–Crippen MR) is 108 cm³/mol. The van der Waals surface area contributed by atoms with Gasteiger partial charge in [0, 0.05) is 11.8 Å². The molecule has 0 aliphatic rings. The second-order valence-corrected chi connectivity index (χ2v) is 6.47. The van der Waals surface area contributed by atoms with Crippen LogP contribution in [0.2, 0.25) is 0 Å². The molecule has 138 valence electrons. The number of halogens is 1. The van der Waals surface area contributed by atoms with Gasteiger partial charge in [0.1, 0.15) is 11.5 Å². The maximum absolute atomic E-state index is 14.0. The number of hydrogen-bond acceptors (Lipinski definition) is 2. The molecule has 1 N–H and O–H groups in total. The van der Waals surface area contributed by atoms with Crippen molar-refractivity contribution in [2.24, 2.45) is 0 Å². The summed E-state index contributed by atoms with van der Waals surface area (Å²) in [7, 11) is 0. The molecule has 0 spiro atoms. The summed E-state index contributed by atoms with van der Waals surface area (Å²) >= 11 is 0. The Labute approximate surface area is 162 Å². The molecule has 28 heavy (non-hydrogen) atoms. The standard InChI is InChI=1S/C23H18FN3O/c1-16-11-13-17(14-12-16)22-19(15-27(26-22)18-7-3-2-4-8-18)23(28)25-21-10-6-5-9-20(21)24/h2-15H,1H3,(H,25,28). The van der Waals surface area contributed by atoms with Gasteiger partial charge in [-0.2, -0.15) is 5.10 Å². The van der Waals surface area contributed by atoms with Crippen molar-refractivity contribution >= 4 is 11.6 Å². The second kappa shape index (κ2) is 7.48. The SMILES string of the molecule is Cc1ccc(-c2nn(-c3ccccc3)cc2C(=O)Nc2ccccc2F)cc1. The highest BCUT2D eigenvalue weighted by atomic mass is 19.1. The number of nitrogens with zero attached hydrogens (tertiary/aromatic N) is 2. The maximum Gasteiger partial charge on any atom is 0.259 e. The molecule has 4 rings (SSSR count). The lowest BCUT2D eigenvalue weighted by molar-refractivity contribution is 0.102. The van der Waals surface area contributed by atoms with Crippen molar-refractivity contribution < 1.29 is 9.18 Å². The van der Waals surface area contributed by atoms with E-state index in [9.17, 15) is 9.18 Å². The lowest BCUT2D eigenvalue weighted by Crippen LogP contribution is -2.13. The highest BCUT2D eigenvalue weighted by molar-refractivity contribution is 6.08. The number of aryl methyl sites for hydroxylation is 1. The predicted octanol–water partition coefficient (Wildman–Crippen LogP) is 5.24. The zero-order valence-electron chi connectivity index (χ0n) is 15.3. The first-order valence-corrected chi connectivity index (χ1v) is 8.90. The molecule has 0 unspecified atom stereocenters. The normalized spacial score (nSPS) is 10.6. The smallest absolute Gasteiger partial charge is 0.259 e. The van der Waals surface area contributed by atoms with Crippen molar-refractivity contribution in [3.63, 3.8) is 0 Å². The van der Waals surface area contributed by atoms with E-state index >= 15 is 0 Å². The van der Waals surface area contributed by atoms with Crippen LogP contribution in [0, 0.1) is 12.7 Å². The number of para-hydroxylation sites is 2. The number of hydrogen-bond donors (Lipinski definition) is 1. The van der Waals surface area contributed by atoms with E-state index in [1.807, 2.05) is 61.5 Å². The molecular formula is C23H18FN3O. The molecule has 3 aromatic carbocycles. The summed E-state index contributed by atoms with van der Waals surface area (Å²) in [5.74, 6) is -0.897. The Balaban J connectivity index is 1.78. The lowest BCUT2D eigenvalue weighted by atomic mass is 10.1. The van der Waals surface area contributed by atoms with Crippen LogP contribution < -0.4 is 5.32 Å². The van der Waals surface area contributed by atoms with Gasteiger partial charge < -0.3 is 5.32 Å². The van der Waals surface area contributed by atoms with Gasteiger partial charge in [0.15, 0.2) is 0 Å². The molecule has 1 aromatic heterocycles. The van der Waals surface area contributed by atoms with Gasteiger partial charge in [-0.15, -0.1) is 0 Å². The fourth-order valence-corrected chi connectivity index (χ4v) is 2.93. The minimum absolute atomic E-state index is 0.134. The Morgan fingerprint density at radius 1 is 0.929 bits per heavy atom. The monoisotopic (exact) mass is 371 g/mol. The van der Waals surface area contributed by atoms with Gasteiger partial charge in [-0.3, -0.25) is 4.79 Å². The molecule has 0 radical (unpaired) electrons. The molecule has 4 nitrogen and oxygen atoms in total. The number of carbonyl (C=O) groups excluding carboxylic acids is 1. The van der Waals surface area contributed by atoms with E-state index in [4.69, 9.17) is 0 Å². The largest absolute Gasteiger partial charge is 0.319 e. The Morgan fingerprint density at radius 2 is 1.61 bits per heavy atom. The molecule has 0 aliphatic heterocycles. The van der Waals surface area contributed by atoms with E-state index in [0.717, 1.165) is 16.8 Å². The van der Waals surface area contributed by atoms with Crippen LogP contribution in [-0.2, 0) is 0 Å². The first-order valence-electron chi connectivity index (χ1n) is 8.90. The third-order valence-corrected chi connectivity index (χ3v) is 4.43. The topological polar surface area (TPSA) is 46.9 Å². The molecule has 0 atom stereocenters. The summed E-state index contributed by atoms with van der Waals surface area (Å²) in [6.07, 6.45) is 1.67. The van der Waals surface area contributed by atoms with Gasteiger partial charge in [0.25, 0.3) is 5.91 Å². The highest BCUT2D eigenvalue weighted by Gasteiger charge is 2.19. The first-order chi connectivity index (χ1) is 13.6. The Kier molecular flexibility index (Phi) is 4.72. The zero-order chi connectivity index (χ0) is 19.5. The average molecular weight is 371 g/mol. The number of nitrogens with one attached hydrogen (secondary N) is 1. The number of benzene rings is 3. The van der Waals surface area contributed by atoms with Crippen molar-refractivity contribution in [1.29, 1.82) is 0 Å². The van der Waals surface area contributed by atoms with Crippen LogP contribution in [0.1, 0.15) is 15.9 Å². The zero-order valence-corrected chi connectivity index (χ0v) is 15.3. The van der Waals surface area contributed by atoms with Crippen molar-refractivity contribution in [2.45, 2.75) is 6.92 Å². The van der Waals surface area contributed by atoms with Gasteiger partial charge in [0.2, 0.25) is 0 Å². The Bertz CT molecular complexity index is 1120. The van der Waals surface area contributed by atoms with Crippen molar-refractivity contribution in [1.82, 2.24) is 9.78 Å². The molecule has 0 aliphatic carbocycles. The van der Waals surface area contributed by atoms with E-state index in [2.05, 4.69) is 10.4 Å². The van der Waals surface area contributed by atoms with E-state index in [1.165, 1.54) is 12.1 Å². The van der Waals surface area contributed by atoms with Gasteiger partial charge in [-0.1, -0.05) is 60.2 Å². The third-order valence-electron chi connectivity index (χ3n) is 4.43. The molecule has 0 bridgehead atoms. The summed E-state index contributed by atoms with van der Waals surface area (Å²) in [5, 5.41) is 7.27. The molecule has 0 saturated heterocycles. The number of rotatable bonds is 4. The fourth-order valence-electron chi connectivity index (χ4n) is 2.93. The summed E-state index contributed by atoms with van der Waals surface area (Å²) in [6, 6.07) is 23.4. The van der Waals surface area contributed by atoms with Gasteiger partial charge in [-0.05, 0) is 31.2 Å². The maximum atomic E-state index is 14.0. The highest BCUT2D eigenvalue weighted by Crippen LogP contribution is 2.25. The van der Waals surface area contributed by atoms with Crippen LogP contribution in [0.15, 0.2) is 85.1 Å². The summed E-state index contributed by atoms with van der Waals surface area (Å²) in [4.78, 5) is 12.9. The minimum atomic E-state index is -0.483. The van der Waals surface area contributed by atoms with E-state index < -0.39 is 11.7 Å². The van der Waals surface area contributed by atoms with Crippen LogP contribution in [-0.4, -0.2) is 15.7 Å². The third kappa shape index (κ3) is 3.55. The Morgan fingerprint density at radius 3 is 2.32 bits per heavy atom. The summed E-state index contributed by atoms with van der Waals surface area (Å²) in [5.41, 5.74) is 3.81. The minimum Gasteiger partial charge on any atom is -0.319 e. The molecule has 5 heteroatoms. The molecular weight excluding hydrogens is 353 g/mol. The van der Waals surface area contributed by atoms with Crippen molar-refractivity contribution in [3.8, 4) is 16.9 Å².